The van der Waals surface area contributed by atoms with E-state index in [0.29, 0.717) is 16.5 Å². The topological polar surface area (TPSA) is 77.0 Å². The number of halogens is 2. The molecular formula is C15H14Cl2N4O2S. The average molecular weight is 385 g/mol. The van der Waals surface area contributed by atoms with Gasteiger partial charge in [-0.25, -0.2) is 14.8 Å². The molecule has 0 fully saturated rings. The minimum Gasteiger partial charge on any atom is -0.465 e. The van der Waals surface area contributed by atoms with Crippen molar-refractivity contribution in [1.82, 2.24) is 15.0 Å². The summed E-state index contributed by atoms with van der Waals surface area (Å²) in [4.78, 5) is 24.2. The van der Waals surface area contributed by atoms with E-state index in [9.17, 15) is 4.79 Å². The Hall–Kier alpha value is -2.22. The van der Waals surface area contributed by atoms with Crippen molar-refractivity contribution in [2.75, 3.05) is 12.4 Å². The minimum absolute atomic E-state index is 0. The first-order chi connectivity index (χ1) is 10.8. The number of anilines is 2. The maximum absolute atomic E-state index is 11.3. The third-order valence-corrected chi connectivity index (χ3v) is 3.61. The number of thiazole rings is 1. The number of nitrogens with one attached hydrogen (secondary N) is 1. The Morgan fingerprint density at radius 3 is 2.58 bits per heavy atom. The summed E-state index contributed by atoms with van der Waals surface area (Å²) < 4.78 is 4.63. The van der Waals surface area contributed by atoms with Crippen LogP contribution in [-0.4, -0.2) is 28.0 Å². The second kappa shape index (κ2) is 9.17. The number of ether oxygens (including phenoxy) is 1. The monoisotopic (exact) mass is 384 g/mol. The lowest BCUT2D eigenvalue weighted by Crippen LogP contribution is -2.02. The molecule has 1 N–H and O–H groups in total. The predicted molar refractivity (Wildman–Crippen MR) is 98.7 cm³/mol. The molecule has 9 heteroatoms. The molecule has 0 spiro atoms. The van der Waals surface area contributed by atoms with Gasteiger partial charge in [-0.15, -0.1) is 36.2 Å². The van der Waals surface area contributed by atoms with E-state index in [1.54, 1.807) is 18.3 Å². The van der Waals surface area contributed by atoms with Crippen molar-refractivity contribution in [3.8, 4) is 11.4 Å². The third kappa shape index (κ3) is 4.64. The Morgan fingerprint density at radius 2 is 1.96 bits per heavy atom. The number of hydrogen-bond donors (Lipinski definition) is 1. The van der Waals surface area contributed by atoms with Gasteiger partial charge in [0.2, 0.25) is 0 Å². The molecule has 0 aliphatic heterocycles. The SMILES string of the molecule is COC(=O)c1ccc(Nc2nc(-c3ccccn3)cs2)nc1.Cl.Cl. The highest BCUT2D eigenvalue weighted by Gasteiger charge is 2.08. The summed E-state index contributed by atoms with van der Waals surface area (Å²) in [5.74, 6) is 0.195. The number of carbonyl (C=O) groups excluding carboxylic acids is 1. The lowest BCUT2D eigenvalue weighted by atomic mass is 10.3. The molecule has 126 valence electrons. The van der Waals surface area contributed by atoms with E-state index in [2.05, 4.69) is 25.0 Å². The van der Waals surface area contributed by atoms with Crippen molar-refractivity contribution in [2.45, 2.75) is 0 Å². The van der Waals surface area contributed by atoms with E-state index >= 15 is 0 Å². The highest BCUT2D eigenvalue weighted by Crippen LogP contribution is 2.25. The van der Waals surface area contributed by atoms with Crippen LogP contribution < -0.4 is 5.32 Å². The van der Waals surface area contributed by atoms with Gasteiger partial charge in [0.15, 0.2) is 5.13 Å². The fourth-order valence-electron chi connectivity index (χ4n) is 1.78. The maximum Gasteiger partial charge on any atom is 0.339 e. The summed E-state index contributed by atoms with van der Waals surface area (Å²) in [5, 5.41) is 5.73. The summed E-state index contributed by atoms with van der Waals surface area (Å²) in [7, 11) is 1.34. The molecule has 0 aromatic carbocycles. The van der Waals surface area contributed by atoms with Crippen LogP contribution >= 0.6 is 36.2 Å². The van der Waals surface area contributed by atoms with Crippen molar-refractivity contribution in [1.29, 1.82) is 0 Å². The normalized spacial score (nSPS) is 9.38. The van der Waals surface area contributed by atoms with Crippen molar-refractivity contribution in [3.63, 3.8) is 0 Å². The number of carbonyl (C=O) groups is 1. The number of esters is 1. The molecule has 0 aliphatic carbocycles. The van der Waals surface area contributed by atoms with Gasteiger partial charge in [-0.1, -0.05) is 6.07 Å². The molecule has 0 amide bonds. The van der Waals surface area contributed by atoms with Crippen molar-refractivity contribution >= 4 is 53.1 Å². The fraction of sp³-hybridized carbons (Fsp3) is 0.0667. The molecule has 3 rings (SSSR count). The molecule has 0 unspecified atom stereocenters. The Bertz CT molecular complexity index is 782. The average Bonchev–Trinajstić information content (AvgIpc) is 3.04. The van der Waals surface area contributed by atoms with Crippen LogP contribution in [0.5, 0.6) is 0 Å². The molecule has 3 aromatic rings. The van der Waals surface area contributed by atoms with Crippen molar-refractivity contribution in [3.05, 3.63) is 53.7 Å². The van der Waals surface area contributed by atoms with Crippen molar-refractivity contribution in [2.24, 2.45) is 0 Å². The van der Waals surface area contributed by atoms with E-state index in [4.69, 9.17) is 0 Å². The van der Waals surface area contributed by atoms with Crippen LogP contribution in [0.1, 0.15) is 10.4 Å². The Morgan fingerprint density at radius 1 is 1.12 bits per heavy atom. The molecule has 0 radical (unpaired) electrons. The number of rotatable bonds is 4. The first-order valence-electron chi connectivity index (χ1n) is 6.44. The van der Waals surface area contributed by atoms with Gasteiger partial charge in [-0.2, -0.15) is 0 Å². The van der Waals surface area contributed by atoms with Crippen molar-refractivity contribution < 1.29 is 9.53 Å². The lowest BCUT2D eigenvalue weighted by Gasteiger charge is -2.02. The lowest BCUT2D eigenvalue weighted by molar-refractivity contribution is 0.0600. The second-order valence-corrected chi connectivity index (χ2v) is 5.16. The predicted octanol–water partition coefficient (Wildman–Crippen LogP) is 3.97. The van der Waals surface area contributed by atoms with Gasteiger partial charge in [0.1, 0.15) is 11.5 Å². The van der Waals surface area contributed by atoms with Crippen LogP contribution in [0.2, 0.25) is 0 Å². The highest BCUT2D eigenvalue weighted by atomic mass is 35.5. The zero-order valence-electron chi connectivity index (χ0n) is 12.5. The zero-order valence-corrected chi connectivity index (χ0v) is 15.0. The largest absolute Gasteiger partial charge is 0.465 e. The summed E-state index contributed by atoms with van der Waals surface area (Å²) in [6.07, 6.45) is 3.19. The van der Waals surface area contributed by atoms with Crippen LogP contribution in [0.3, 0.4) is 0 Å². The van der Waals surface area contributed by atoms with Gasteiger partial charge >= 0.3 is 5.97 Å². The molecule has 0 saturated carbocycles. The minimum atomic E-state index is -0.411. The first kappa shape index (κ1) is 19.8. The number of pyridine rings is 2. The van der Waals surface area contributed by atoms with Gasteiger partial charge in [0.05, 0.1) is 18.4 Å². The molecule has 6 nitrogen and oxygen atoms in total. The molecule has 0 bridgehead atoms. The van der Waals surface area contributed by atoms with Gasteiger partial charge in [0, 0.05) is 17.8 Å². The van der Waals surface area contributed by atoms with Crippen LogP contribution in [0.25, 0.3) is 11.4 Å². The van der Waals surface area contributed by atoms with E-state index in [1.807, 2.05) is 23.6 Å². The van der Waals surface area contributed by atoms with Crippen LogP contribution in [-0.2, 0) is 4.74 Å². The number of nitrogens with zero attached hydrogens (tertiary/aromatic N) is 3. The number of methoxy groups -OCH3 is 1. The molecule has 3 heterocycles. The van der Waals surface area contributed by atoms with Crippen LogP contribution in [0.15, 0.2) is 48.1 Å². The Labute approximate surface area is 155 Å². The van der Waals surface area contributed by atoms with Gasteiger partial charge < -0.3 is 10.1 Å². The fourth-order valence-corrected chi connectivity index (χ4v) is 2.49. The maximum atomic E-state index is 11.3. The third-order valence-electron chi connectivity index (χ3n) is 2.85. The molecule has 24 heavy (non-hydrogen) atoms. The van der Waals surface area contributed by atoms with Crippen LogP contribution in [0.4, 0.5) is 10.9 Å². The molecule has 3 aromatic heterocycles. The molecular weight excluding hydrogens is 371 g/mol. The number of hydrogen-bond acceptors (Lipinski definition) is 7. The number of aromatic nitrogens is 3. The standard InChI is InChI=1S/C15H12N4O2S.2ClH/c1-21-14(20)10-5-6-13(17-8-10)19-15-18-12(9-22-15)11-4-2-3-7-16-11;;/h2-9H,1H3,(H,17,18,19);2*1H. The van der Waals surface area contributed by atoms with Gasteiger partial charge in [-0.05, 0) is 24.3 Å². The second-order valence-electron chi connectivity index (χ2n) is 4.30. The smallest absolute Gasteiger partial charge is 0.339 e. The summed E-state index contributed by atoms with van der Waals surface area (Å²) in [6, 6.07) is 9.04. The zero-order chi connectivity index (χ0) is 15.4. The summed E-state index contributed by atoms with van der Waals surface area (Å²) >= 11 is 1.46. The van der Waals surface area contributed by atoms with E-state index in [-0.39, 0.29) is 24.8 Å². The molecule has 0 saturated heterocycles. The highest BCUT2D eigenvalue weighted by molar-refractivity contribution is 7.14. The van der Waals surface area contributed by atoms with E-state index in [1.165, 1.54) is 24.6 Å². The Kier molecular flexibility index (Phi) is 7.57. The van der Waals surface area contributed by atoms with E-state index < -0.39 is 5.97 Å². The quantitative estimate of drug-likeness (QED) is 0.685. The Balaban J connectivity index is 0.00000144. The van der Waals surface area contributed by atoms with Gasteiger partial charge in [-0.3, -0.25) is 4.98 Å². The molecule has 0 aliphatic rings. The van der Waals surface area contributed by atoms with Gasteiger partial charge in [0.25, 0.3) is 0 Å². The summed E-state index contributed by atoms with van der Waals surface area (Å²) in [6.45, 7) is 0. The summed E-state index contributed by atoms with van der Waals surface area (Å²) in [5.41, 5.74) is 2.03. The van der Waals surface area contributed by atoms with E-state index in [0.717, 1.165) is 11.4 Å². The van der Waals surface area contributed by atoms with Crippen LogP contribution in [0, 0.1) is 0 Å². The molecule has 0 atom stereocenters. The first-order valence-corrected chi connectivity index (χ1v) is 7.32.